The van der Waals surface area contributed by atoms with E-state index in [9.17, 15) is 0 Å². The zero-order valence-corrected chi connectivity index (χ0v) is 31.0. The molecule has 0 N–H and O–H groups in total. The Morgan fingerprint density at radius 2 is 0.385 bits per heavy atom. The maximum Gasteiger partial charge on any atom is 0.0280 e. The van der Waals surface area contributed by atoms with Crippen molar-refractivity contribution in [2.75, 3.05) is 0 Å². The zero-order chi connectivity index (χ0) is 21.0. The Bertz CT molecular complexity index is 666. The Hall–Kier alpha value is 2.17. The van der Waals surface area contributed by atoms with Crippen LogP contribution in [-0.2, 0) is 0 Å². The van der Waals surface area contributed by atoms with Gasteiger partial charge in [0.1, 0.15) is 0 Å². The topological polar surface area (TPSA) is 0 Å². The molecule has 4 saturated heterocycles. The monoisotopic (exact) mass is 520 g/mol. The quantitative estimate of drug-likeness (QED) is 0.368. The molecule has 4 rings (SSSR count). The van der Waals surface area contributed by atoms with Crippen molar-refractivity contribution in [1.29, 1.82) is 0 Å². The van der Waals surface area contributed by atoms with Crippen molar-refractivity contribution in [1.82, 2.24) is 0 Å². The number of fused-ring (bicyclic) bond motifs is 1. The molecule has 0 aliphatic carbocycles. The van der Waals surface area contributed by atoms with Gasteiger partial charge in [-0.05, 0) is 0 Å². The second-order valence-electron chi connectivity index (χ2n) is 14.2. The third kappa shape index (κ3) is 1.37. The maximum absolute atomic E-state index is 3.22. The fraction of sp³-hybridized carbons (Fsp3) is 1.00. The first-order chi connectivity index (χ1) is 11.0. The van der Waals surface area contributed by atoms with E-state index in [1.807, 2.05) is 0 Å². The van der Waals surface area contributed by atoms with Gasteiger partial charge in [0.25, 0.3) is 0 Å². The first-order valence-electron chi connectivity index (χ1n) is 11.0. The average molecular weight is 521 g/mol. The molecule has 4 heterocycles. The summed E-state index contributed by atoms with van der Waals surface area (Å²) in [6.45, 7) is 45.3. The molecular formula is C16H48Si10. The van der Waals surface area contributed by atoms with E-state index in [1.54, 1.807) is 0 Å². The predicted molar refractivity (Wildman–Crippen MR) is 151 cm³/mol. The average Bonchev–Trinajstić information content (AvgIpc) is 2.53. The van der Waals surface area contributed by atoms with Gasteiger partial charge in [0.2, 0.25) is 0 Å². The van der Waals surface area contributed by atoms with Gasteiger partial charge < -0.3 is 0 Å². The number of hydrogen-bond acceptors (Lipinski definition) is 0. The van der Waals surface area contributed by atoms with Gasteiger partial charge in [-0.3, -0.25) is 0 Å². The van der Waals surface area contributed by atoms with Gasteiger partial charge >= 0.3 is 0 Å². The molecule has 152 valence electrons. The summed E-state index contributed by atoms with van der Waals surface area (Å²) in [6, 6.07) is 0. The molecule has 10 heteroatoms. The van der Waals surface area contributed by atoms with Crippen LogP contribution in [0.5, 0.6) is 0 Å². The summed E-state index contributed by atoms with van der Waals surface area (Å²) in [6.07, 6.45) is 0. The van der Waals surface area contributed by atoms with Crippen LogP contribution in [0.1, 0.15) is 0 Å². The highest BCUT2D eigenvalue weighted by Gasteiger charge is 3.00. The highest BCUT2D eigenvalue weighted by molar-refractivity contribution is 8.50. The lowest BCUT2D eigenvalue weighted by atomic mass is 11.9. The Labute approximate surface area is 172 Å². The molecule has 0 spiro atoms. The molecule has 26 heavy (non-hydrogen) atoms. The molecular weight excluding hydrogens is 473 g/mol. The van der Waals surface area contributed by atoms with E-state index in [4.69, 9.17) is 0 Å². The first-order valence-corrected chi connectivity index (χ1v) is 51.0. The lowest BCUT2D eigenvalue weighted by Gasteiger charge is -2.86. The first kappa shape index (κ1) is 22.8. The molecule has 4 aliphatic rings. The van der Waals surface area contributed by atoms with Crippen LogP contribution >= 0.6 is 0 Å². The van der Waals surface area contributed by atoms with Crippen molar-refractivity contribution in [3.05, 3.63) is 0 Å². The second kappa shape index (κ2) is 4.81. The molecule has 0 nitrogen and oxygen atoms in total. The van der Waals surface area contributed by atoms with Crippen molar-refractivity contribution in [3.8, 4) is 0 Å². The van der Waals surface area contributed by atoms with Crippen molar-refractivity contribution < 1.29 is 0 Å². The fourth-order valence-electron chi connectivity index (χ4n) is 11.7. The zero-order valence-electron chi connectivity index (χ0n) is 21.0. The van der Waals surface area contributed by atoms with Gasteiger partial charge in [-0.25, -0.2) is 0 Å². The summed E-state index contributed by atoms with van der Waals surface area (Å²) in [5.41, 5.74) is 0. The summed E-state index contributed by atoms with van der Waals surface area (Å²) < 4.78 is 0. The van der Waals surface area contributed by atoms with Crippen LogP contribution in [0.25, 0.3) is 0 Å². The molecule has 0 aromatic rings. The highest BCUT2D eigenvalue weighted by atomic mass is 30.7. The summed E-state index contributed by atoms with van der Waals surface area (Å²) >= 11 is 0. The largest absolute Gasteiger partial charge is 0.0756 e. The smallest absolute Gasteiger partial charge is 0.0280 e. The Balaban J connectivity index is 2.72. The van der Waals surface area contributed by atoms with Crippen LogP contribution in [0.3, 0.4) is 0 Å². The van der Waals surface area contributed by atoms with E-state index < -0.39 is 69.2 Å². The minimum Gasteiger partial charge on any atom is -0.0756 e. The molecule has 0 aromatic carbocycles. The van der Waals surface area contributed by atoms with Gasteiger partial charge in [-0.1, -0.05) is 105 Å². The van der Waals surface area contributed by atoms with Crippen LogP contribution in [0.2, 0.25) is 105 Å². The Morgan fingerprint density at radius 1 is 0.192 bits per heavy atom. The third-order valence-corrected chi connectivity index (χ3v) is 379. The molecule has 4 fully saturated rings. The molecule has 2 atom stereocenters. The molecule has 0 aromatic heterocycles. The van der Waals surface area contributed by atoms with Crippen molar-refractivity contribution >= 4 is 69.2 Å². The van der Waals surface area contributed by atoms with Crippen LogP contribution < -0.4 is 0 Å². The molecule has 0 radical (unpaired) electrons. The minimum atomic E-state index is -1.09. The number of rotatable bonds is 0. The van der Waals surface area contributed by atoms with Gasteiger partial charge in [0, 0.05) is 69.2 Å². The van der Waals surface area contributed by atoms with Crippen molar-refractivity contribution in [2.45, 2.75) is 105 Å². The van der Waals surface area contributed by atoms with E-state index in [1.165, 1.54) is 0 Å². The van der Waals surface area contributed by atoms with E-state index in [0.717, 1.165) is 0 Å². The maximum atomic E-state index is 3.22. The summed E-state index contributed by atoms with van der Waals surface area (Å²) in [5.74, 6) is 0. The minimum absolute atomic E-state index is 1.05. The van der Waals surface area contributed by atoms with Gasteiger partial charge in [0.05, 0.1) is 0 Å². The van der Waals surface area contributed by atoms with Crippen molar-refractivity contribution in [3.63, 3.8) is 0 Å². The lowest BCUT2D eigenvalue weighted by Crippen LogP contribution is -3.17. The fourth-order valence-corrected chi connectivity index (χ4v) is 841. The van der Waals surface area contributed by atoms with E-state index in [0.29, 0.717) is 0 Å². The van der Waals surface area contributed by atoms with Crippen LogP contribution in [0.4, 0.5) is 0 Å². The summed E-state index contributed by atoms with van der Waals surface area (Å²) in [4.78, 5) is 0. The van der Waals surface area contributed by atoms with E-state index in [2.05, 4.69) is 105 Å². The van der Waals surface area contributed by atoms with Crippen LogP contribution in [0, 0.1) is 0 Å². The molecule has 0 saturated carbocycles. The SMILES string of the molecule is C[Si]1(C)[Si](C)(C)[Si]2(C)[Si]3(C)[Si](C)(C)[Si](C)(C)[Si]2(C)[Si](C)(C)[Si]1(C)[Si]3(C)C. The Morgan fingerprint density at radius 3 is 0.654 bits per heavy atom. The molecule has 4 aliphatic heterocycles. The van der Waals surface area contributed by atoms with Gasteiger partial charge in [0.15, 0.2) is 0 Å². The van der Waals surface area contributed by atoms with Crippen LogP contribution in [-0.4, -0.2) is 69.2 Å². The molecule has 2 unspecified atom stereocenters. The van der Waals surface area contributed by atoms with Gasteiger partial charge in [-0.2, -0.15) is 0 Å². The normalized spacial score (nSPS) is 53.5. The number of hydrogen-bond donors (Lipinski definition) is 0. The highest BCUT2D eigenvalue weighted by Crippen LogP contribution is 2.71. The third-order valence-electron chi connectivity index (χ3n) is 15.1. The van der Waals surface area contributed by atoms with Gasteiger partial charge in [-0.15, -0.1) is 0 Å². The van der Waals surface area contributed by atoms with Crippen LogP contribution in [0.15, 0.2) is 0 Å². The summed E-state index contributed by atoms with van der Waals surface area (Å²) in [5, 5.41) is 0. The Kier molecular flexibility index (Phi) is 4.23. The molecule has 0 amide bonds. The molecule has 4 bridgehead atoms. The lowest BCUT2D eigenvalue weighted by molar-refractivity contribution is 1.76. The van der Waals surface area contributed by atoms with Crippen molar-refractivity contribution in [2.24, 2.45) is 0 Å². The summed E-state index contributed by atoms with van der Waals surface area (Å²) in [7, 11) is -6.38. The van der Waals surface area contributed by atoms with E-state index in [-0.39, 0.29) is 0 Å². The predicted octanol–water partition coefficient (Wildman–Crippen LogP) is 5.53. The second-order valence-corrected chi connectivity index (χ2v) is 151. The standard InChI is InChI=1S/C16H48Si10/c1-17(2)20(7,8)26(16)24(14)18(3,4)19(5,6)25(26,15)22(11,12)23(17,13)21(24,9)10/h1-16H3. The van der Waals surface area contributed by atoms with E-state index >= 15 is 0 Å².